The molecule has 1 aliphatic rings. The van der Waals surface area contributed by atoms with E-state index in [1.165, 1.54) is 0 Å². The summed E-state index contributed by atoms with van der Waals surface area (Å²) in [6, 6.07) is 0.253. The summed E-state index contributed by atoms with van der Waals surface area (Å²) in [6.45, 7) is 6.65. The summed E-state index contributed by atoms with van der Waals surface area (Å²) < 4.78 is 10.7. The van der Waals surface area contributed by atoms with Gasteiger partial charge in [-0.25, -0.2) is 0 Å². The molecule has 4 heteroatoms. The van der Waals surface area contributed by atoms with Crippen molar-refractivity contribution in [3.8, 4) is 0 Å². The molecule has 4 nitrogen and oxygen atoms in total. The van der Waals surface area contributed by atoms with Crippen LogP contribution in [0, 0.1) is 11.8 Å². The molecule has 0 bridgehead atoms. The Morgan fingerprint density at radius 2 is 2.05 bits per heavy atom. The fraction of sp³-hybridized carbons (Fsp3) is 0.867. The zero-order chi connectivity index (χ0) is 14.1. The molecule has 0 saturated heterocycles. The smallest absolute Gasteiger partial charge is 0.0897 e. The highest BCUT2D eigenvalue weighted by atomic mass is 16.5. The first-order valence-electron chi connectivity index (χ1n) is 7.26. The highest BCUT2D eigenvalue weighted by Crippen LogP contribution is 2.24. The van der Waals surface area contributed by atoms with Crippen LogP contribution in [0.25, 0.3) is 0 Å². The average Bonchev–Trinajstić information content (AvgIpc) is 2.39. The number of allylic oxidation sites excluding steroid dienone is 2. The molecule has 1 aliphatic carbocycles. The Bertz CT molecular complexity index is 258. The van der Waals surface area contributed by atoms with Crippen LogP contribution in [0.2, 0.25) is 0 Å². The Morgan fingerprint density at radius 3 is 2.74 bits per heavy atom. The first-order chi connectivity index (χ1) is 9.13. The molecule has 0 aliphatic heterocycles. The number of nitrogens with one attached hydrogen (secondary N) is 1. The number of aliphatic hydroxyl groups excluding tert-OH is 1. The predicted octanol–water partition coefficient (Wildman–Crippen LogP) is 1.59. The lowest BCUT2D eigenvalue weighted by molar-refractivity contribution is 0.0111. The van der Waals surface area contributed by atoms with E-state index in [9.17, 15) is 5.11 Å². The van der Waals surface area contributed by atoms with Crippen LogP contribution in [0.15, 0.2) is 12.2 Å². The van der Waals surface area contributed by atoms with Crippen LogP contribution in [0.4, 0.5) is 0 Å². The second kappa shape index (κ2) is 9.48. The molecular weight excluding hydrogens is 242 g/mol. The zero-order valence-electron chi connectivity index (χ0n) is 12.5. The van der Waals surface area contributed by atoms with Gasteiger partial charge in [-0.15, -0.1) is 0 Å². The van der Waals surface area contributed by atoms with Crippen molar-refractivity contribution < 1.29 is 14.6 Å². The lowest BCUT2D eigenvalue weighted by Crippen LogP contribution is -2.38. The van der Waals surface area contributed by atoms with Crippen LogP contribution in [-0.4, -0.2) is 50.7 Å². The van der Waals surface area contributed by atoms with Gasteiger partial charge in [0.2, 0.25) is 0 Å². The van der Waals surface area contributed by atoms with Gasteiger partial charge in [0.05, 0.1) is 25.9 Å². The molecule has 0 aromatic rings. The number of methoxy groups -OCH3 is 1. The van der Waals surface area contributed by atoms with Crippen LogP contribution in [0.5, 0.6) is 0 Å². The highest BCUT2D eigenvalue weighted by molar-refractivity contribution is 4.93. The van der Waals surface area contributed by atoms with Crippen LogP contribution in [0.1, 0.15) is 26.7 Å². The van der Waals surface area contributed by atoms with Gasteiger partial charge in [-0.1, -0.05) is 19.1 Å². The van der Waals surface area contributed by atoms with Gasteiger partial charge in [0.1, 0.15) is 0 Å². The first-order valence-corrected chi connectivity index (χ1v) is 7.26. The van der Waals surface area contributed by atoms with Crippen molar-refractivity contribution in [3.05, 3.63) is 12.2 Å². The first kappa shape index (κ1) is 16.6. The molecule has 0 saturated carbocycles. The summed E-state index contributed by atoms with van der Waals surface area (Å²) in [5.41, 5.74) is 0. The summed E-state index contributed by atoms with van der Waals surface area (Å²) >= 11 is 0. The fourth-order valence-electron chi connectivity index (χ4n) is 2.30. The lowest BCUT2D eigenvalue weighted by atomic mass is 9.85. The van der Waals surface area contributed by atoms with Gasteiger partial charge in [0, 0.05) is 19.7 Å². The number of hydrogen-bond donors (Lipinski definition) is 2. The Hall–Kier alpha value is -0.420. The van der Waals surface area contributed by atoms with Crippen LogP contribution < -0.4 is 5.32 Å². The third-order valence-corrected chi connectivity index (χ3v) is 3.68. The van der Waals surface area contributed by atoms with Crippen molar-refractivity contribution in [1.29, 1.82) is 0 Å². The average molecular weight is 271 g/mol. The third-order valence-electron chi connectivity index (χ3n) is 3.68. The SMILES string of the molecule is COCC(C)NCC(O)COCC1CC=CCC1C. The normalized spacial score (nSPS) is 26.3. The fourth-order valence-corrected chi connectivity index (χ4v) is 2.30. The van der Waals surface area contributed by atoms with Crippen LogP contribution in [-0.2, 0) is 9.47 Å². The molecule has 2 N–H and O–H groups in total. The van der Waals surface area contributed by atoms with E-state index in [-0.39, 0.29) is 6.04 Å². The summed E-state index contributed by atoms with van der Waals surface area (Å²) in [6.07, 6.45) is 6.27. The zero-order valence-corrected chi connectivity index (χ0v) is 12.5. The standard InChI is InChI=1S/C15H29NO3/c1-12-6-4-5-7-14(12)10-19-11-15(17)8-16-13(2)9-18-3/h4-5,12-17H,6-11H2,1-3H3. The minimum Gasteiger partial charge on any atom is -0.389 e. The van der Waals surface area contributed by atoms with Gasteiger partial charge < -0.3 is 19.9 Å². The van der Waals surface area contributed by atoms with Gasteiger partial charge >= 0.3 is 0 Å². The Labute approximate surface area is 117 Å². The minimum atomic E-state index is -0.450. The Morgan fingerprint density at radius 1 is 1.32 bits per heavy atom. The van der Waals surface area contributed by atoms with Crippen molar-refractivity contribution in [2.45, 2.75) is 38.8 Å². The molecule has 4 atom stereocenters. The summed E-state index contributed by atoms with van der Waals surface area (Å²) in [5, 5.41) is 13.0. The number of ether oxygens (including phenoxy) is 2. The number of hydrogen-bond acceptors (Lipinski definition) is 4. The molecule has 112 valence electrons. The molecule has 0 heterocycles. The van der Waals surface area contributed by atoms with Crippen molar-refractivity contribution in [1.82, 2.24) is 5.32 Å². The van der Waals surface area contributed by atoms with E-state index in [4.69, 9.17) is 9.47 Å². The van der Waals surface area contributed by atoms with Crippen molar-refractivity contribution in [2.75, 3.05) is 33.5 Å². The van der Waals surface area contributed by atoms with Gasteiger partial charge in [-0.3, -0.25) is 0 Å². The van der Waals surface area contributed by atoms with E-state index >= 15 is 0 Å². The maximum absolute atomic E-state index is 9.82. The molecule has 0 fully saturated rings. The maximum Gasteiger partial charge on any atom is 0.0897 e. The molecule has 0 spiro atoms. The Kier molecular flexibility index (Phi) is 8.30. The molecular formula is C15H29NO3. The maximum atomic E-state index is 9.82. The predicted molar refractivity (Wildman–Crippen MR) is 77.2 cm³/mol. The molecule has 1 rings (SSSR count). The van der Waals surface area contributed by atoms with Gasteiger partial charge in [0.15, 0.2) is 0 Å². The molecule has 0 aromatic heterocycles. The lowest BCUT2D eigenvalue weighted by Gasteiger charge is -2.25. The van der Waals surface area contributed by atoms with Crippen molar-refractivity contribution >= 4 is 0 Å². The monoisotopic (exact) mass is 271 g/mol. The summed E-state index contributed by atoms with van der Waals surface area (Å²) in [4.78, 5) is 0. The quantitative estimate of drug-likeness (QED) is 0.625. The van der Waals surface area contributed by atoms with E-state index in [0.717, 1.165) is 19.4 Å². The van der Waals surface area contributed by atoms with E-state index < -0.39 is 6.10 Å². The third kappa shape index (κ3) is 7.06. The molecule has 0 aromatic carbocycles. The largest absolute Gasteiger partial charge is 0.389 e. The summed E-state index contributed by atoms with van der Waals surface area (Å²) in [7, 11) is 1.68. The van der Waals surface area contributed by atoms with E-state index in [2.05, 4.69) is 24.4 Å². The van der Waals surface area contributed by atoms with Crippen molar-refractivity contribution in [3.63, 3.8) is 0 Å². The van der Waals surface area contributed by atoms with Crippen molar-refractivity contribution in [2.24, 2.45) is 11.8 Å². The Balaban J connectivity index is 2.06. The minimum absolute atomic E-state index is 0.253. The summed E-state index contributed by atoms with van der Waals surface area (Å²) in [5.74, 6) is 1.28. The van der Waals surface area contributed by atoms with Gasteiger partial charge in [0.25, 0.3) is 0 Å². The second-order valence-electron chi connectivity index (χ2n) is 5.64. The molecule has 19 heavy (non-hydrogen) atoms. The van der Waals surface area contributed by atoms with Crippen LogP contribution >= 0.6 is 0 Å². The van der Waals surface area contributed by atoms with E-state index in [0.29, 0.717) is 31.6 Å². The van der Waals surface area contributed by atoms with E-state index in [1.54, 1.807) is 7.11 Å². The number of rotatable bonds is 9. The topological polar surface area (TPSA) is 50.7 Å². The van der Waals surface area contributed by atoms with Gasteiger partial charge in [-0.05, 0) is 31.6 Å². The highest BCUT2D eigenvalue weighted by Gasteiger charge is 2.18. The van der Waals surface area contributed by atoms with E-state index in [1.807, 2.05) is 6.92 Å². The molecule has 0 radical (unpaired) electrons. The molecule has 4 unspecified atom stereocenters. The second-order valence-corrected chi connectivity index (χ2v) is 5.64. The molecule has 0 amide bonds. The van der Waals surface area contributed by atoms with Gasteiger partial charge in [-0.2, -0.15) is 0 Å². The number of aliphatic hydroxyl groups is 1. The van der Waals surface area contributed by atoms with Crippen LogP contribution in [0.3, 0.4) is 0 Å².